The first kappa shape index (κ1) is 10.0. The number of aromatic amines is 1. The molecule has 1 aliphatic rings. The van der Waals surface area contributed by atoms with Gasteiger partial charge in [0.25, 0.3) is 0 Å². The number of aromatic nitrogens is 4. The van der Waals surface area contributed by atoms with Crippen LogP contribution in [0.4, 0.5) is 5.00 Å². The number of H-pyrrole nitrogens is 1. The van der Waals surface area contributed by atoms with Crippen LogP contribution < -0.4 is 5.73 Å². The predicted octanol–water partition coefficient (Wildman–Crippen LogP) is 2.15. The van der Waals surface area contributed by atoms with Crippen molar-refractivity contribution in [1.29, 1.82) is 0 Å². The van der Waals surface area contributed by atoms with Gasteiger partial charge in [-0.2, -0.15) is 0 Å². The highest BCUT2D eigenvalue weighted by Crippen LogP contribution is 2.42. The van der Waals surface area contributed by atoms with Gasteiger partial charge in [0.1, 0.15) is 17.7 Å². The van der Waals surface area contributed by atoms with Crippen molar-refractivity contribution in [3.8, 4) is 11.4 Å². The van der Waals surface area contributed by atoms with Crippen LogP contribution in [0, 0.1) is 0 Å². The Labute approximate surface area is 107 Å². The lowest BCUT2D eigenvalue weighted by atomic mass is 10.1. The van der Waals surface area contributed by atoms with Crippen LogP contribution >= 0.6 is 11.3 Å². The summed E-state index contributed by atoms with van der Waals surface area (Å²) in [5.74, 6) is 0.822. The molecule has 0 atom stereocenters. The number of thiophene rings is 1. The summed E-state index contributed by atoms with van der Waals surface area (Å²) < 4.78 is 0. The van der Waals surface area contributed by atoms with Gasteiger partial charge in [0, 0.05) is 4.88 Å². The third kappa shape index (κ3) is 1.29. The minimum atomic E-state index is 0.692. The number of imidazole rings is 1. The van der Waals surface area contributed by atoms with Gasteiger partial charge in [-0.3, -0.25) is 0 Å². The summed E-state index contributed by atoms with van der Waals surface area (Å²) in [6, 6.07) is 0. The van der Waals surface area contributed by atoms with E-state index in [0.29, 0.717) is 5.65 Å². The summed E-state index contributed by atoms with van der Waals surface area (Å²) in [7, 11) is 0. The molecule has 6 heteroatoms. The van der Waals surface area contributed by atoms with Crippen molar-refractivity contribution in [2.24, 2.45) is 0 Å². The van der Waals surface area contributed by atoms with E-state index in [1.807, 2.05) is 0 Å². The quantitative estimate of drug-likeness (QED) is 0.700. The molecule has 3 N–H and O–H groups in total. The molecule has 1 aliphatic carbocycles. The van der Waals surface area contributed by atoms with Gasteiger partial charge in [0.05, 0.1) is 16.8 Å². The molecular formula is C12H11N5S. The molecule has 0 fully saturated rings. The summed E-state index contributed by atoms with van der Waals surface area (Å²) in [6.07, 6.45) is 6.70. The zero-order chi connectivity index (χ0) is 12.1. The second kappa shape index (κ2) is 3.52. The molecule has 3 heterocycles. The summed E-state index contributed by atoms with van der Waals surface area (Å²) in [5, 5.41) is 0.853. The van der Waals surface area contributed by atoms with Gasteiger partial charge >= 0.3 is 0 Å². The van der Waals surface area contributed by atoms with Gasteiger partial charge in [-0.25, -0.2) is 15.0 Å². The van der Waals surface area contributed by atoms with Crippen LogP contribution in [-0.2, 0) is 12.8 Å². The molecule has 4 rings (SSSR count). The SMILES string of the molecule is Nc1sc2c(c1-c1nc3ncncc3[nH]1)CCC2. The monoisotopic (exact) mass is 257 g/mol. The van der Waals surface area contributed by atoms with Crippen LogP contribution in [0.5, 0.6) is 0 Å². The lowest BCUT2D eigenvalue weighted by Crippen LogP contribution is -1.89. The molecule has 0 unspecified atom stereocenters. The van der Waals surface area contributed by atoms with E-state index in [1.54, 1.807) is 17.5 Å². The largest absolute Gasteiger partial charge is 0.390 e. The molecule has 0 bridgehead atoms. The second-order valence-electron chi connectivity index (χ2n) is 4.44. The van der Waals surface area contributed by atoms with Crippen molar-refractivity contribution in [3.05, 3.63) is 23.0 Å². The Morgan fingerprint density at radius 1 is 1.33 bits per heavy atom. The van der Waals surface area contributed by atoms with Crippen LogP contribution in [0.3, 0.4) is 0 Å². The Hall–Kier alpha value is -1.95. The van der Waals surface area contributed by atoms with E-state index in [1.165, 1.54) is 23.2 Å². The fourth-order valence-corrected chi connectivity index (χ4v) is 3.73. The van der Waals surface area contributed by atoms with Crippen LogP contribution in [0.2, 0.25) is 0 Å². The van der Waals surface area contributed by atoms with Crippen LogP contribution in [0.25, 0.3) is 22.6 Å². The minimum absolute atomic E-state index is 0.692. The molecule has 3 aromatic rings. The van der Waals surface area contributed by atoms with Crippen molar-refractivity contribution < 1.29 is 0 Å². The van der Waals surface area contributed by atoms with E-state index in [2.05, 4.69) is 19.9 Å². The maximum absolute atomic E-state index is 6.13. The number of aryl methyl sites for hydroxylation is 1. The predicted molar refractivity (Wildman–Crippen MR) is 71.4 cm³/mol. The molecule has 0 saturated heterocycles. The van der Waals surface area contributed by atoms with Gasteiger partial charge < -0.3 is 10.7 Å². The Bertz CT molecular complexity index is 709. The fourth-order valence-electron chi connectivity index (χ4n) is 2.57. The highest BCUT2D eigenvalue weighted by Gasteiger charge is 2.23. The molecule has 3 aromatic heterocycles. The highest BCUT2D eigenvalue weighted by molar-refractivity contribution is 7.16. The molecule has 5 nitrogen and oxygen atoms in total. The van der Waals surface area contributed by atoms with E-state index in [0.717, 1.165) is 34.7 Å². The number of nitrogen functional groups attached to an aromatic ring is 1. The highest BCUT2D eigenvalue weighted by atomic mass is 32.1. The minimum Gasteiger partial charge on any atom is -0.390 e. The summed E-state index contributed by atoms with van der Waals surface area (Å²) in [5.41, 5.74) is 10.1. The van der Waals surface area contributed by atoms with E-state index in [4.69, 9.17) is 5.73 Å². The van der Waals surface area contributed by atoms with Crippen LogP contribution in [0.1, 0.15) is 16.9 Å². The number of hydrogen-bond acceptors (Lipinski definition) is 5. The average molecular weight is 257 g/mol. The first-order valence-corrected chi connectivity index (χ1v) is 6.70. The number of nitrogens with one attached hydrogen (secondary N) is 1. The third-order valence-corrected chi connectivity index (χ3v) is 4.47. The smallest absolute Gasteiger partial charge is 0.181 e. The number of fused-ring (bicyclic) bond motifs is 2. The van der Waals surface area contributed by atoms with Crippen molar-refractivity contribution in [2.75, 3.05) is 5.73 Å². The van der Waals surface area contributed by atoms with E-state index in [9.17, 15) is 0 Å². The summed E-state index contributed by atoms with van der Waals surface area (Å²) in [4.78, 5) is 17.3. The number of rotatable bonds is 1. The first-order chi connectivity index (χ1) is 8.83. The Kier molecular flexibility index (Phi) is 1.96. The van der Waals surface area contributed by atoms with Gasteiger partial charge in [-0.1, -0.05) is 0 Å². The molecule has 0 saturated carbocycles. The number of nitrogens with zero attached hydrogens (tertiary/aromatic N) is 3. The number of anilines is 1. The number of hydrogen-bond donors (Lipinski definition) is 2. The molecule has 0 radical (unpaired) electrons. The van der Waals surface area contributed by atoms with E-state index < -0.39 is 0 Å². The Morgan fingerprint density at radius 3 is 3.17 bits per heavy atom. The van der Waals surface area contributed by atoms with Gasteiger partial charge in [0.2, 0.25) is 0 Å². The molecule has 90 valence electrons. The standard InChI is InChI=1S/C12H11N5S/c13-10-9(6-2-1-3-8(6)18-10)12-16-7-4-14-5-15-11(7)17-12/h4-5H,1-3,13H2,(H,14,15,16,17). The van der Waals surface area contributed by atoms with Crippen LogP contribution in [0.15, 0.2) is 12.5 Å². The normalized spacial score (nSPS) is 14.2. The lowest BCUT2D eigenvalue weighted by molar-refractivity contribution is 0.915. The van der Waals surface area contributed by atoms with E-state index >= 15 is 0 Å². The molecule has 0 aliphatic heterocycles. The average Bonchev–Trinajstić information content (AvgIpc) is 3.00. The molecular weight excluding hydrogens is 246 g/mol. The molecule has 0 aromatic carbocycles. The van der Waals surface area contributed by atoms with Crippen molar-refractivity contribution in [1.82, 2.24) is 19.9 Å². The molecule has 0 amide bonds. The fraction of sp³-hybridized carbons (Fsp3) is 0.250. The second-order valence-corrected chi connectivity index (χ2v) is 5.58. The first-order valence-electron chi connectivity index (χ1n) is 5.89. The Morgan fingerprint density at radius 2 is 2.28 bits per heavy atom. The van der Waals surface area contributed by atoms with Crippen molar-refractivity contribution in [3.63, 3.8) is 0 Å². The van der Waals surface area contributed by atoms with Crippen LogP contribution in [-0.4, -0.2) is 19.9 Å². The van der Waals surface area contributed by atoms with Crippen molar-refractivity contribution >= 4 is 27.5 Å². The molecule has 18 heavy (non-hydrogen) atoms. The zero-order valence-corrected chi connectivity index (χ0v) is 10.4. The molecule has 0 spiro atoms. The van der Waals surface area contributed by atoms with Gasteiger partial charge in [-0.15, -0.1) is 11.3 Å². The summed E-state index contributed by atoms with van der Waals surface area (Å²) >= 11 is 1.69. The topological polar surface area (TPSA) is 80.5 Å². The van der Waals surface area contributed by atoms with Gasteiger partial charge in [-0.05, 0) is 24.8 Å². The van der Waals surface area contributed by atoms with Crippen molar-refractivity contribution in [2.45, 2.75) is 19.3 Å². The maximum Gasteiger partial charge on any atom is 0.181 e. The number of nitrogens with two attached hydrogens (primary N) is 1. The maximum atomic E-state index is 6.13. The van der Waals surface area contributed by atoms with E-state index in [-0.39, 0.29) is 0 Å². The Balaban J connectivity index is 1.97. The third-order valence-electron chi connectivity index (χ3n) is 3.35. The summed E-state index contributed by atoms with van der Waals surface area (Å²) in [6.45, 7) is 0. The lowest BCUT2D eigenvalue weighted by Gasteiger charge is -1.98. The van der Waals surface area contributed by atoms with Gasteiger partial charge in [0.15, 0.2) is 5.65 Å². The zero-order valence-electron chi connectivity index (χ0n) is 9.60.